The smallest absolute Gasteiger partial charge is 0.348 e. The van der Waals surface area contributed by atoms with E-state index in [2.05, 4.69) is 0 Å². The molecule has 0 aliphatic rings. The van der Waals surface area contributed by atoms with Gasteiger partial charge in [0.15, 0.2) is 0 Å². The van der Waals surface area contributed by atoms with Gasteiger partial charge in [-0.05, 0) is 29.6 Å². The summed E-state index contributed by atoms with van der Waals surface area (Å²) in [6.45, 7) is 0. The lowest BCUT2D eigenvalue weighted by molar-refractivity contribution is 0.0703. The van der Waals surface area contributed by atoms with Gasteiger partial charge in [-0.2, -0.15) is 0 Å². The molecule has 2 N–H and O–H groups in total. The Morgan fingerprint density at radius 1 is 1.25 bits per heavy atom. The van der Waals surface area contributed by atoms with Crippen LogP contribution in [-0.2, 0) is 10.0 Å². The fourth-order valence-electron chi connectivity index (χ4n) is 1.44. The highest BCUT2D eigenvalue weighted by atomic mass is 32.2. The van der Waals surface area contributed by atoms with Crippen LogP contribution in [0.1, 0.15) is 9.67 Å². The number of rotatable bonds is 4. The first-order valence-corrected chi connectivity index (χ1v) is 7.46. The number of benzene rings is 1. The highest BCUT2D eigenvalue weighted by Crippen LogP contribution is 2.26. The summed E-state index contributed by atoms with van der Waals surface area (Å²) in [6, 6.07) is 3.20. The molecule has 0 amide bonds. The van der Waals surface area contributed by atoms with Gasteiger partial charge >= 0.3 is 5.97 Å². The Kier molecular flexibility index (Phi) is 3.73. The number of nitrogens with one attached hydrogen (secondary N) is 1. The average molecular weight is 319 g/mol. The van der Waals surface area contributed by atoms with Crippen LogP contribution in [0.4, 0.5) is 14.5 Å². The van der Waals surface area contributed by atoms with Crippen LogP contribution >= 0.6 is 11.3 Å². The van der Waals surface area contributed by atoms with E-state index in [0.29, 0.717) is 12.1 Å². The van der Waals surface area contributed by atoms with Gasteiger partial charge in [0.1, 0.15) is 21.4 Å². The van der Waals surface area contributed by atoms with Crippen LogP contribution in [-0.4, -0.2) is 19.5 Å². The van der Waals surface area contributed by atoms with Crippen molar-refractivity contribution in [2.75, 3.05) is 4.72 Å². The van der Waals surface area contributed by atoms with Crippen LogP contribution in [0.25, 0.3) is 0 Å². The van der Waals surface area contributed by atoms with E-state index in [0.717, 1.165) is 17.4 Å². The molecular formula is C11H7F2NO4S2. The molecule has 20 heavy (non-hydrogen) atoms. The minimum atomic E-state index is -4.41. The number of thiophene rings is 1. The zero-order chi connectivity index (χ0) is 14.9. The SMILES string of the molecule is O=C(O)c1sccc1NS(=O)(=O)c1cc(F)ccc1F. The molecule has 0 fully saturated rings. The van der Waals surface area contributed by atoms with Gasteiger partial charge < -0.3 is 5.11 Å². The van der Waals surface area contributed by atoms with Crippen LogP contribution in [0, 0.1) is 11.6 Å². The Morgan fingerprint density at radius 2 is 1.95 bits per heavy atom. The molecule has 0 aliphatic heterocycles. The zero-order valence-corrected chi connectivity index (χ0v) is 11.3. The molecule has 1 aromatic heterocycles. The average Bonchev–Trinajstić information content (AvgIpc) is 2.79. The molecular weight excluding hydrogens is 312 g/mol. The van der Waals surface area contributed by atoms with Gasteiger partial charge in [-0.25, -0.2) is 22.0 Å². The van der Waals surface area contributed by atoms with E-state index >= 15 is 0 Å². The summed E-state index contributed by atoms with van der Waals surface area (Å²) >= 11 is 0.807. The van der Waals surface area contributed by atoms with Crippen molar-refractivity contribution in [2.24, 2.45) is 0 Å². The fraction of sp³-hybridized carbons (Fsp3) is 0. The summed E-state index contributed by atoms with van der Waals surface area (Å²) in [5.74, 6) is -3.38. The third-order valence-electron chi connectivity index (χ3n) is 2.29. The first-order valence-electron chi connectivity index (χ1n) is 5.10. The van der Waals surface area contributed by atoms with Crippen molar-refractivity contribution in [1.82, 2.24) is 0 Å². The van der Waals surface area contributed by atoms with Gasteiger partial charge in [0.05, 0.1) is 5.69 Å². The summed E-state index contributed by atoms with van der Waals surface area (Å²) in [4.78, 5) is 9.73. The molecule has 0 radical (unpaired) electrons. The topological polar surface area (TPSA) is 83.5 Å². The van der Waals surface area contributed by atoms with Crippen molar-refractivity contribution < 1.29 is 27.1 Å². The van der Waals surface area contributed by atoms with Crippen LogP contribution in [0.15, 0.2) is 34.5 Å². The Morgan fingerprint density at radius 3 is 2.60 bits per heavy atom. The summed E-state index contributed by atoms with van der Waals surface area (Å²) in [7, 11) is -4.41. The van der Waals surface area contributed by atoms with E-state index in [-0.39, 0.29) is 10.6 Å². The number of aromatic carboxylic acids is 1. The standard InChI is InChI=1S/C11H7F2NO4S2/c12-6-1-2-7(13)9(5-6)20(17,18)14-8-3-4-19-10(8)11(15)16/h1-5,14H,(H,15,16). The molecule has 2 rings (SSSR count). The molecule has 1 heterocycles. The predicted molar refractivity (Wildman–Crippen MR) is 68.4 cm³/mol. The minimum Gasteiger partial charge on any atom is -0.477 e. The highest BCUT2D eigenvalue weighted by molar-refractivity contribution is 7.92. The van der Waals surface area contributed by atoms with Crippen molar-refractivity contribution in [3.05, 3.63) is 46.2 Å². The molecule has 0 unspecified atom stereocenters. The Balaban J connectivity index is 2.44. The monoisotopic (exact) mass is 319 g/mol. The first kappa shape index (κ1) is 14.4. The van der Waals surface area contributed by atoms with E-state index in [1.54, 1.807) is 0 Å². The van der Waals surface area contributed by atoms with Crippen molar-refractivity contribution in [3.8, 4) is 0 Å². The van der Waals surface area contributed by atoms with Crippen molar-refractivity contribution >= 4 is 33.0 Å². The maximum atomic E-state index is 13.5. The lowest BCUT2D eigenvalue weighted by Gasteiger charge is -2.08. The molecule has 1 aromatic carbocycles. The van der Waals surface area contributed by atoms with Crippen LogP contribution in [0.5, 0.6) is 0 Å². The van der Waals surface area contributed by atoms with Crippen molar-refractivity contribution in [2.45, 2.75) is 4.90 Å². The van der Waals surface area contributed by atoms with E-state index in [9.17, 15) is 22.0 Å². The number of hydrogen-bond acceptors (Lipinski definition) is 4. The number of halogens is 2. The lowest BCUT2D eigenvalue weighted by atomic mass is 10.3. The highest BCUT2D eigenvalue weighted by Gasteiger charge is 2.23. The maximum Gasteiger partial charge on any atom is 0.348 e. The van der Waals surface area contributed by atoms with Gasteiger partial charge in [-0.1, -0.05) is 0 Å². The van der Waals surface area contributed by atoms with Crippen molar-refractivity contribution in [3.63, 3.8) is 0 Å². The summed E-state index contributed by atoms with van der Waals surface area (Å²) in [5, 5.41) is 10.2. The van der Waals surface area contributed by atoms with E-state index in [4.69, 9.17) is 5.11 Å². The second-order valence-electron chi connectivity index (χ2n) is 3.65. The van der Waals surface area contributed by atoms with Gasteiger partial charge in [0.2, 0.25) is 0 Å². The maximum absolute atomic E-state index is 13.5. The third kappa shape index (κ3) is 2.78. The van der Waals surface area contributed by atoms with Gasteiger partial charge in [0.25, 0.3) is 10.0 Å². The molecule has 0 saturated heterocycles. The number of carboxylic acid groups (broad SMARTS) is 1. The minimum absolute atomic E-state index is 0.203. The Labute approximate surface area is 116 Å². The molecule has 0 atom stereocenters. The van der Waals surface area contributed by atoms with Crippen LogP contribution in [0.3, 0.4) is 0 Å². The molecule has 0 saturated carbocycles. The molecule has 9 heteroatoms. The van der Waals surface area contributed by atoms with Crippen molar-refractivity contribution in [1.29, 1.82) is 0 Å². The van der Waals surface area contributed by atoms with E-state index < -0.39 is 32.5 Å². The quantitative estimate of drug-likeness (QED) is 0.907. The summed E-state index contributed by atoms with van der Waals surface area (Å²) < 4.78 is 52.3. The third-order valence-corrected chi connectivity index (χ3v) is 4.57. The zero-order valence-electron chi connectivity index (χ0n) is 9.63. The number of anilines is 1. The van der Waals surface area contributed by atoms with E-state index in [1.165, 1.54) is 11.4 Å². The molecule has 0 bridgehead atoms. The Hall–Kier alpha value is -2.00. The molecule has 0 spiro atoms. The largest absolute Gasteiger partial charge is 0.477 e. The molecule has 106 valence electrons. The molecule has 5 nitrogen and oxygen atoms in total. The molecule has 2 aromatic rings. The van der Waals surface area contributed by atoms with E-state index in [1.807, 2.05) is 4.72 Å². The predicted octanol–water partition coefficient (Wildman–Crippen LogP) is 2.53. The number of carbonyl (C=O) groups is 1. The summed E-state index contributed by atoms with van der Waals surface area (Å²) in [6.07, 6.45) is 0. The first-order chi connectivity index (χ1) is 9.31. The molecule has 0 aliphatic carbocycles. The van der Waals surface area contributed by atoms with Gasteiger partial charge in [0, 0.05) is 0 Å². The number of carboxylic acids is 1. The second kappa shape index (κ2) is 5.17. The fourth-order valence-corrected chi connectivity index (χ4v) is 3.35. The Bertz CT molecular complexity index is 770. The summed E-state index contributed by atoms with van der Waals surface area (Å²) in [5.41, 5.74) is -0.203. The normalized spacial score (nSPS) is 11.3. The lowest BCUT2D eigenvalue weighted by Crippen LogP contribution is -2.16. The number of hydrogen-bond donors (Lipinski definition) is 2. The van der Waals surface area contributed by atoms with Crippen LogP contribution < -0.4 is 4.72 Å². The van der Waals surface area contributed by atoms with Gasteiger partial charge in [-0.15, -0.1) is 11.3 Å². The van der Waals surface area contributed by atoms with Crippen LogP contribution in [0.2, 0.25) is 0 Å². The second-order valence-corrected chi connectivity index (χ2v) is 6.22. The number of sulfonamides is 1. The van der Waals surface area contributed by atoms with Gasteiger partial charge in [-0.3, -0.25) is 4.72 Å².